The van der Waals surface area contributed by atoms with E-state index in [0.717, 1.165) is 24.6 Å². The molecule has 1 aromatic heterocycles. The van der Waals surface area contributed by atoms with Gasteiger partial charge in [-0.1, -0.05) is 54.1 Å². The molecular weight excluding hydrogens is 408 g/mol. The first kappa shape index (κ1) is 19.9. The van der Waals surface area contributed by atoms with Crippen molar-refractivity contribution < 1.29 is 13.2 Å². The van der Waals surface area contributed by atoms with Gasteiger partial charge in [-0.15, -0.1) is 0 Å². The van der Waals surface area contributed by atoms with Crippen molar-refractivity contribution in [3.8, 4) is 0 Å². The largest absolute Gasteiger partial charge is 0.321 e. The summed E-state index contributed by atoms with van der Waals surface area (Å²) in [5.41, 5.74) is 0.219. The number of halogens is 1. The number of carbonyl (C=O) groups excluding carboxylic acids is 1. The van der Waals surface area contributed by atoms with Crippen LogP contribution >= 0.6 is 11.6 Å². The van der Waals surface area contributed by atoms with Crippen molar-refractivity contribution in [1.29, 1.82) is 0 Å². The van der Waals surface area contributed by atoms with Crippen molar-refractivity contribution in [2.24, 2.45) is 0 Å². The van der Waals surface area contributed by atoms with Crippen LogP contribution in [-0.2, 0) is 15.6 Å². The average Bonchev–Trinajstić information content (AvgIpc) is 2.73. The van der Waals surface area contributed by atoms with Crippen LogP contribution in [0, 0.1) is 0 Å². The molecule has 0 aliphatic carbocycles. The van der Waals surface area contributed by atoms with E-state index >= 15 is 0 Å². The summed E-state index contributed by atoms with van der Waals surface area (Å²) in [5.74, 6) is -0.527. The number of piperidine rings is 1. The normalized spacial score (nSPS) is 17.4. The Kier molecular flexibility index (Phi) is 5.56. The molecule has 0 N–H and O–H groups in total. The molecule has 1 aliphatic heterocycles. The number of aromatic nitrogens is 1. The van der Waals surface area contributed by atoms with Crippen LogP contribution in [0.15, 0.2) is 65.6 Å². The third-order valence-electron chi connectivity index (χ3n) is 5.14. The zero-order valence-corrected chi connectivity index (χ0v) is 17.4. The van der Waals surface area contributed by atoms with Crippen molar-refractivity contribution in [2.45, 2.75) is 35.4 Å². The summed E-state index contributed by atoms with van der Waals surface area (Å²) in [6.45, 7) is 0.590. The quantitative estimate of drug-likeness (QED) is 0.456. The van der Waals surface area contributed by atoms with Gasteiger partial charge in [0.1, 0.15) is 11.2 Å². The van der Waals surface area contributed by atoms with Gasteiger partial charge in [0.2, 0.25) is 0 Å². The molecule has 1 atom stereocenters. The minimum Gasteiger partial charge on any atom is -0.321 e. The van der Waals surface area contributed by atoms with Crippen LogP contribution < -0.4 is 0 Å². The monoisotopic (exact) mass is 428 g/mol. The molecule has 2 heterocycles. The van der Waals surface area contributed by atoms with Gasteiger partial charge in [-0.3, -0.25) is 4.79 Å². The van der Waals surface area contributed by atoms with Crippen LogP contribution in [-0.4, -0.2) is 36.3 Å². The fourth-order valence-corrected chi connectivity index (χ4v) is 5.54. The molecule has 1 aliphatic rings. The molecule has 3 aromatic rings. The zero-order chi connectivity index (χ0) is 20.4. The van der Waals surface area contributed by atoms with Gasteiger partial charge in [0.05, 0.1) is 16.3 Å². The van der Waals surface area contributed by atoms with Gasteiger partial charge in [0, 0.05) is 11.9 Å². The minimum absolute atomic E-state index is 0.225. The summed E-state index contributed by atoms with van der Waals surface area (Å²) >= 11 is 6.29. The number of alkyl halides is 1. The Hall–Kier alpha value is -2.44. The number of likely N-dealkylation sites (tertiary alicyclic amines) is 1. The van der Waals surface area contributed by atoms with Crippen molar-refractivity contribution in [3.63, 3.8) is 0 Å². The number of amides is 1. The Bertz CT molecular complexity index is 1160. The summed E-state index contributed by atoms with van der Waals surface area (Å²) < 4.78 is 26.2. The number of hydrogen-bond donors (Lipinski definition) is 0. The fraction of sp³-hybridized carbons (Fsp3) is 0.273. The average molecular weight is 429 g/mol. The number of hydrogen-bond acceptors (Lipinski definition) is 4. The first-order valence-corrected chi connectivity index (χ1v) is 11.7. The molecule has 0 radical (unpaired) electrons. The second-order valence-corrected chi connectivity index (χ2v) is 9.64. The fourth-order valence-electron chi connectivity index (χ4n) is 3.69. The van der Waals surface area contributed by atoms with Gasteiger partial charge in [0.25, 0.3) is 5.91 Å². The summed E-state index contributed by atoms with van der Waals surface area (Å²) in [5, 5.41) is 1.55. The predicted octanol–water partition coefficient (Wildman–Crippen LogP) is 4.40. The number of pyridine rings is 1. The summed E-state index contributed by atoms with van der Waals surface area (Å²) in [6, 6.07) is 17.5. The molecule has 150 valence electrons. The van der Waals surface area contributed by atoms with Gasteiger partial charge in [0.15, 0.2) is 9.84 Å². The Morgan fingerprint density at radius 2 is 1.79 bits per heavy atom. The second kappa shape index (κ2) is 8.13. The van der Waals surface area contributed by atoms with Crippen LogP contribution in [0.2, 0.25) is 0 Å². The molecule has 0 saturated carbocycles. The highest BCUT2D eigenvalue weighted by atomic mass is 35.5. The molecule has 5 nitrogen and oxygen atoms in total. The molecule has 0 bridgehead atoms. The Morgan fingerprint density at radius 1 is 1.03 bits per heavy atom. The van der Waals surface area contributed by atoms with Crippen LogP contribution in [0.5, 0.6) is 0 Å². The van der Waals surface area contributed by atoms with Gasteiger partial charge in [-0.25, -0.2) is 13.4 Å². The molecule has 4 rings (SSSR count). The van der Waals surface area contributed by atoms with E-state index in [4.69, 9.17) is 11.6 Å². The first-order chi connectivity index (χ1) is 14.0. The van der Waals surface area contributed by atoms with Crippen molar-refractivity contribution in [2.75, 3.05) is 6.54 Å². The van der Waals surface area contributed by atoms with Gasteiger partial charge < -0.3 is 4.90 Å². The van der Waals surface area contributed by atoms with E-state index in [2.05, 4.69) is 4.98 Å². The summed E-state index contributed by atoms with van der Waals surface area (Å²) in [7, 11) is -3.63. The van der Waals surface area contributed by atoms with E-state index in [0.29, 0.717) is 17.6 Å². The molecule has 1 fully saturated rings. The number of sulfone groups is 1. The Labute approximate surface area is 175 Å². The van der Waals surface area contributed by atoms with Crippen molar-refractivity contribution in [3.05, 3.63) is 72.1 Å². The highest BCUT2D eigenvalue weighted by Crippen LogP contribution is 2.26. The number of nitrogens with zero attached hydrogens (tertiary/aromatic N) is 2. The van der Waals surface area contributed by atoms with Crippen LogP contribution in [0.25, 0.3) is 10.8 Å². The third kappa shape index (κ3) is 4.14. The van der Waals surface area contributed by atoms with Crippen LogP contribution in [0.3, 0.4) is 0 Å². The number of benzene rings is 2. The maximum absolute atomic E-state index is 13.1. The maximum Gasteiger partial charge on any atom is 0.273 e. The van der Waals surface area contributed by atoms with E-state index in [1.165, 1.54) is 0 Å². The molecule has 0 spiro atoms. The highest BCUT2D eigenvalue weighted by molar-refractivity contribution is 7.90. The van der Waals surface area contributed by atoms with Crippen molar-refractivity contribution >= 4 is 38.1 Å². The highest BCUT2D eigenvalue weighted by Gasteiger charge is 2.27. The Balaban J connectivity index is 1.63. The standard InChI is InChI=1S/C22H21ClN2O3S/c23-21-13-3-4-14-25(21)22(26)19-11-6-9-17(24-19)15-29(27,28)20-12-5-8-16-7-1-2-10-18(16)20/h1-2,5-12,21H,3-4,13-15H2. The maximum atomic E-state index is 13.1. The second-order valence-electron chi connectivity index (χ2n) is 7.18. The zero-order valence-electron chi connectivity index (χ0n) is 15.8. The lowest BCUT2D eigenvalue weighted by atomic mass is 10.1. The van der Waals surface area contributed by atoms with E-state index in [-0.39, 0.29) is 27.8 Å². The van der Waals surface area contributed by atoms with Crippen LogP contribution in [0.1, 0.15) is 35.4 Å². The Morgan fingerprint density at radius 3 is 2.62 bits per heavy atom. The van der Waals surface area contributed by atoms with E-state index in [1.807, 2.05) is 24.3 Å². The first-order valence-electron chi connectivity index (χ1n) is 9.57. The van der Waals surface area contributed by atoms with Gasteiger partial charge in [-0.05, 0) is 42.8 Å². The van der Waals surface area contributed by atoms with Crippen molar-refractivity contribution in [1.82, 2.24) is 9.88 Å². The smallest absolute Gasteiger partial charge is 0.273 e. The molecule has 2 aromatic carbocycles. The molecule has 1 unspecified atom stereocenters. The SMILES string of the molecule is O=C(c1cccc(CS(=O)(=O)c2cccc3ccccc23)n1)N1CCCCC1Cl. The molecular formula is C22H21ClN2O3S. The number of carbonyl (C=O) groups is 1. The lowest BCUT2D eigenvalue weighted by Gasteiger charge is -2.31. The number of fused-ring (bicyclic) bond motifs is 1. The third-order valence-corrected chi connectivity index (χ3v) is 7.29. The van der Waals surface area contributed by atoms with Gasteiger partial charge >= 0.3 is 0 Å². The summed E-state index contributed by atoms with van der Waals surface area (Å²) in [6.07, 6.45) is 2.65. The topological polar surface area (TPSA) is 67.3 Å². The van der Waals surface area contributed by atoms with Gasteiger partial charge in [-0.2, -0.15) is 0 Å². The molecule has 1 amide bonds. The lowest BCUT2D eigenvalue weighted by molar-refractivity contribution is 0.0686. The van der Waals surface area contributed by atoms with E-state index in [9.17, 15) is 13.2 Å². The summed E-state index contributed by atoms with van der Waals surface area (Å²) in [4.78, 5) is 19.0. The molecule has 1 saturated heterocycles. The molecule has 7 heteroatoms. The minimum atomic E-state index is -3.63. The van der Waals surface area contributed by atoms with E-state index < -0.39 is 9.84 Å². The predicted molar refractivity (Wildman–Crippen MR) is 114 cm³/mol. The lowest BCUT2D eigenvalue weighted by Crippen LogP contribution is -2.41. The molecule has 29 heavy (non-hydrogen) atoms. The van der Waals surface area contributed by atoms with E-state index in [1.54, 1.807) is 41.3 Å². The van der Waals surface area contributed by atoms with Crippen LogP contribution in [0.4, 0.5) is 0 Å². The number of rotatable bonds is 4.